The minimum atomic E-state index is -1.31. The van der Waals surface area contributed by atoms with Crippen molar-refractivity contribution in [1.29, 1.82) is 0 Å². The van der Waals surface area contributed by atoms with Gasteiger partial charge in [0.15, 0.2) is 11.6 Å². The van der Waals surface area contributed by atoms with Gasteiger partial charge in [0, 0.05) is 5.56 Å². The molecule has 0 aliphatic rings. The van der Waals surface area contributed by atoms with Crippen molar-refractivity contribution < 1.29 is 18.7 Å². The molecule has 13 heavy (non-hydrogen) atoms. The van der Waals surface area contributed by atoms with Gasteiger partial charge in [-0.1, -0.05) is 0 Å². The molecule has 0 aromatic heterocycles. The van der Waals surface area contributed by atoms with E-state index in [0.29, 0.717) is 6.29 Å². The summed E-state index contributed by atoms with van der Waals surface area (Å²) >= 11 is 0. The van der Waals surface area contributed by atoms with E-state index < -0.39 is 17.4 Å². The summed E-state index contributed by atoms with van der Waals surface area (Å²) in [5, 5.41) is 8.74. The van der Waals surface area contributed by atoms with Gasteiger partial charge in [0.1, 0.15) is 6.29 Å². The summed E-state index contributed by atoms with van der Waals surface area (Å²) in [4.78, 5) is 9.89. The molecule has 1 N–H and O–H groups in total. The molecule has 0 bridgehead atoms. The first-order valence-corrected chi connectivity index (χ1v) is 3.45. The Hall–Kier alpha value is -1.71. The molecular formula is C9H6F2O2. The van der Waals surface area contributed by atoms with Crippen LogP contribution >= 0.6 is 0 Å². The number of hydrogen-bond donors (Lipinski definition) is 1. The maximum absolute atomic E-state index is 12.9. The summed E-state index contributed by atoms with van der Waals surface area (Å²) in [6, 6.07) is 2.19. The van der Waals surface area contributed by atoms with Gasteiger partial charge >= 0.3 is 0 Å². The van der Waals surface area contributed by atoms with Crippen molar-refractivity contribution in [2.75, 3.05) is 0 Å². The molecule has 2 nitrogen and oxygen atoms in total. The minimum Gasteiger partial charge on any atom is -0.505 e. The molecule has 0 aliphatic carbocycles. The molecule has 1 rings (SSSR count). The molecule has 0 saturated heterocycles. The fourth-order valence-electron chi connectivity index (χ4n) is 0.826. The predicted octanol–water partition coefficient (Wildman–Crippen LogP) is 1.88. The van der Waals surface area contributed by atoms with Gasteiger partial charge < -0.3 is 5.11 Å². The zero-order valence-electron chi connectivity index (χ0n) is 6.50. The van der Waals surface area contributed by atoms with Crippen LogP contribution in [0.4, 0.5) is 8.78 Å². The molecule has 0 spiro atoms. The average molecular weight is 184 g/mol. The van der Waals surface area contributed by atoms with E-state index in [-0.39, 0.29) is 5.56 Å². The van der Waals surface area contributed by atoms with Gasteiger partial charge in [-0.2, -0.15) is 4.39 Å². The zero-order chi connectivity index (χ0) is 9.84. The Morgan fingerprint density at radius 2 is 1.92 bits per heavy atom. The first-order chi connectivity index (χ1) is 6.16. The number of phenols is 1. The maximum Gasteiger partial charge on any atom is 0.200 e. The monoisotopic (exact) mass is 184 g/mol. The SMILES string of the molecule is O=CC=Cc1ccc(O)c(F)c1F. The number of rotatable bonds is 2. The summed E-state index contributed by atoms with van der Waals surface area (Å²) in [6.45, 7) is 0. The predicted molar refractivity (Wildman–Crippen MR) is 43.1 cm³/mol. The quantitative estimate of drug-likeness (QED) is 0.562. The first-order valence-electron chi connectivity index (χ1n) is 3.45. The molecule has 0 saturated carbocycles. The fraction of sp³-hybridized carbons (Fsp3) is 0. The largest absolute Gasteiger partial charge is 0.505 e. The summed E-state index contributed by atoms with van der Waals surface area (Å²) in [5.41, 5.74) is -0.0811. The molecule has 0 fully saturated rings. The van der Waals surface area contributed by atoms with Gasteiger partial charge in [0.2, 0.25) is 5.82 Å². The molecule has 1 aromatic carbocycles. The highest BCUT2D eigenvalue weighted by Crippen LogP contribution is 2.21. The van der Waals surface area contributed by atoms with E-state index in [9.17, 15) is 13.6 Å². The van der Waals surface area contributed by atoms with Crippen molar-refractivity contribution in [3.8, 4) is 5.75 Å². The number of phenolic OH excluding ortho intramolecular Hbond substituents is 1. The third kappa shape index (κ3) is 1.90. The molecule has 0 atom stereocenters. The van der Waals surface area contributed by atoms with Gasteiger partial charge in [-0.25, -0.2) is 4.39 Å². The lowest BCUT2D eigenvalue weighted by atomic mass is 10.2. The number of aldehydes is 1. The van der Waals surface area contributed by atoms with E-state index in [1.54, 1.807) is 0 Å². The highest BCUT2D eigenvalue weighted by molar-refractivity contribution is 5.74. The minimum absolute atomic E-state index is 0.0811. The molecule has 0 aliphatic heterocycles. The Labute approximate surface area is 73.1 Å². The molecule has 0 amide bonds. The second-order valence-electron chi connectivity index (χ2n) is 2.30. The number of hydrogen-bond acceptors (Lipinski definition) is 2. The smallest absolute Gasteiger partial charge is 0.200 e. The van der Waals surface area contributed by atoms with Crippen molar-refractivity contribution >= 4 is 12.4 Å². The Morgan fingerprint density at radius 1 is 1.23 bits per heavy atom. The summed E-state index contributed by atoms with van der Waals surface area (Å²) < 4.78 is 25.6. The average Bonchev–Trinajstić information content (AvgIpc) is 2.13. The number of carbonyl (C=O) groups excluding carboxylic acids is 1. The Morgan fingerprint density at radius 3 is 2.54 bits per heavy atom. The van der Waals surface area contributed by atoms with Crippen LogP contribution in [0.2, 0.25) is 0 Å². The molecule has 1 aromatic rings. The van der Waals surface area contributed by atoms with Crippen molar-refractivity contribution in [1.82, 2.24) is 0 Å². The van der Waals surface area contributed by atoms with Gasteiger partial charge in [-0.3, -0.25) is 4.79 Å². The van der Waals surface area contributed by atoms with E-state index >= 15 is 0 Å². The van der Waals surface area contributed by atoms with Gasteiger partial charge in [0.05, 0.1) is 0 Å². The summed E-state index contributed by atoms with van der Waals surface area (Å²) in [7, 11) is 0. The topological polar surface area (TPSA) is 37.3 Å². The third-order valence-electron chi connectivity index (χ3n) is 1.45. The lowest BCUT2D eigenvalue weighted by Gasteiger charge is -1.99. The molecule has 0 heterocycles. The van der Waals surface area contributed by atoms with E-state index in [0.717, 1.165) is 18.2 Å². The highest BCUT2D eigenvalue weighted by atomic mass is 19.2. The molecule has 0 unspecified atom stereocenters. The highest BCUT2D eigenvalue weighted by Gasteiger charge is 2.09. The van der Waals surface area contributed by atoms with Crippen molar-refractivity contribution in [3.05, 3.63) is 35.4 Å². The van der Waals surface area contributed by atoms with E-state index in [2.05, 4.69) is 0 Å². The summed E-state index contributed by atoms with van der Waals surface area (Å²) in [5.74, 6) is -3.23. The normalized spacial score (nSPS) is 10.6. The van der Waals surface area contributed by atoms with Gasteiger partial charge in [-0.15, -0.1) is 0 Å². The molecule has 4 heteroatoms. The van der Waals surface area contributed by atoms with E-state index in [4.69, 9.17) is 5.11 Å². The summed E-state index contributed by atoms with van der Waals surface area (Å²) in [6.07, 6.45) is 2.60. The van der Waals surface area contributed by atoms with E-state index in [1.165, 1.54) is 6.07 Å². The number of aromatic hydroxyl groups is 1. The molecule has 68 valence electrons. The van der Waals surface area contributed by atoms with Gasteiger partial charge in [0.25, 0.3) is 0 Å². The van der Waals surface area contributed by atoms with Crippen LogP contribution in [0, 0.1) is 11.6 Å². The zero-order valence-corrected chi connectivity index (χ0v) is 6.50. The van der Waals surface area contributed by atoms with E-state index in [1.807, 2.05) is 0 Å². The second-order valence-corrected chi connectivity index (χ2v) is 2.30. The van der Waals surface area contributed by atoms with Crippen LogP contribution in [0.1, 0.15) is 5.56 Å². The Balaban J connectivity index is 3.17. The number of allylic oxidation sites excluding steroid dienone is 1. The van der Waals surface area contributed by atoms with Crippen LogP contribution in [0.5, 0.6) is 5.75 Å². The van der Waals surface area contributed by atoms with Crippen molar-refractivity contribution in [2.24, 2.45) is 0 Å². The third-order valence-corrected chi connectivity index (χ3v) is 1.45. The molecule has 0 radical (unpaired) electrons. The van der Waals surface area contributed by atoms with Crippen LogP contribution in [-0.2, 0) is 4.79 Å². The lowest BCUT2D eigenvalue weighted by Crippen LogP contribution is -1.88. The molecular weight excluding hydrogens is 178 g/mol. The fourth-order valence-corrected chi connectivity index (χ4v) is 0.826. The number of halogens is 2. The van der Waals surface area contributed by atoms with Crippen LogP contribution in [0.3, 0.4) is 0 Å². The van der Waals surface area contributed by atoms with Crippen LogP contribution < -0.4 is 0 Å². The van der Waals surface area contributed by atoms with Gasteiger partial charge in [-0.05, 0) is 24.3 Å². The Bertz CT molecular complexity index is 359. The second kappa shape index (κ2) is 3.80. The van der Waals surface area contributed by atoms with Crippen LogP contribution in [0.25, 0.3) is 6.08 Å². The maximum atomic E-state index is 12.9. The first kappa shape index (κ1) is 9.38. The van der Waals surface area contributed by atoms with Crippen molar-refractivity contribution in [2.45, 2.75) is 0 Å². The standard InChI is InChI=1S/C9H6F2O2/c10-8-6(2-1-5-12)3-4-7(13)9(8)11/h1-5,13H. The van der Waals surface area contributed by atoms with Crippen LogP contribution in [0.15, 0.2) is 18.2 Å². The van der Waals surface area contributed by atoms with Crippen LogP contribution in [-0.4, -0.2) is 11.4 Å². The number of carbonyl (C=O) groups is 1. The van der Waals surface area contributed by atoms with Crippen molar-refractivity contribution in [3.63, 3.8) is 0 Å². The lowest BCUT2D eigenvalue weighted by molar-refractivity contribution is -0.104. The Kier molecular flexibility index (Phi) is 2.74. The number of benzene rings is 1.